The monoisotopic (exact) mass is 782 g/mol. The Bertz CT molecular complexity index is 2090. The molecule has 3 aromatic heterocycles. The van der Waals surface area contributed by atoms with Gasteiger partial charge in [0, 0.05) is 30.6 Å². The van der Waals surface area contributed by atoms with Gasteiger partial charge in [-0.2, -0.15) is 35.0 Å². The number of hydrogen-bond acceptors (Lipinski definition) is 9. The third-order valence-corrected chi connectivity index (χ3v) is 11.9. The molecular weight excluding hydrogens is 749 g/mol. The maximum atomic E-state index is 14.3. The predicted octanol–water partition coefficient (Wildman–Crippen LogP) is 14.3. The number of rotatable bonds is 16. The van der Waals surface area contributed by atoms with Gasteiger partial charge in [0.1, 0.15) is 33.9 Å². The molecule has 0 fully saturated rings. The van der Waals surface area contributed by atoms with E-state index in [0.29, 0.717) is 12.8 Å². The largest absolute Gasteiger partial charge is 0.433 e. The second kappa shape index (κ2) is 15.6. The third kappa shape index (κ3) is 7.99. The van der Waals surface area contributed by atoms with Crippen LogP contribution in [0.25, 0.3) is 52.8 Å². The first-order valence-corrected chi connectivity index (χ1v) is 20.2. The van der Waals surface area contributed by atoms with Gasteiger partial charge >= 0.3 is 12.2 Å². The topological polar surface area (TPSA) is 69.0 Å². The van der Waals surface area contributed by atoms with E-state index in [4.69, 9.17) is 26.9 Å². The Labute approximate surface area is 314 Å². The summed E-state index contributed by atoms with van der Waals surface area (Å²) in [6.07, 6.45) is -3.00. The van der Waals surface area contributed by atoms with Crippen LogP contribution in [-0.2, 0) is 11.4 Å². The molecule has 0 radical (unpaired) electrons. The molecule has 7 rings (SSSR count). The number of nitrogens with zero attached hydrogens (tertiary/aromatic N) is 4. The third-order valence-electron chi connectivity index (χ3n) is 8.58. The molecule has 0 N–H and O–H groups in total. The van der Waals surface area contributed by atoms with Crippen molar-refractivity contribution in [2.24, 2.45) is 8.73 Å². The number of unbranched alkanes of at least 4 members (excludes halogenated alkanes) is 4. The Morgan fingerprint density at radius 1 is 0.538 bits per heavy atom. The highest BCUT2D eigenvalue weighted by Crippen LogP contribution is 2.54. The molecule has 6 aromatic rings. The van der Waals surface area contributed by atoms with Crippen LogP contribution < -0.4 is 9.47 Å². The van der Waals surface area contributed by atoms with Crippen LogP contribution in [-0.4, -0.2) is 21.0 Å². The molecule has 1 aliphatic rings. The highest BCUT2D eigenvalue weighted by molar-refractivity contribution is 7.58. The van der Waals surface area contributed by atoms with Gasteiger partial charge in [0.05, 0.1) is 35.9 Å². The molecule has 52 heavy (non-hydrogen) atoms. The first kappa shape index (κ1) is 36.4. The molecule has 4 heterocycles. The summed E-state index contributed by atoms with van der Waals surface area (Å²) in [4.78, 5) is 3.77. The molecule has 270 valence electrons. The van der Waals surface area contributed by atoms with Crippen LogP contribution in [0.1, 0.15) is 65.2 Å². The van der Waals surface area contributed by atoms with Crippen LogP contribution in [0.4, 0.5) is 28.9 Å². The molecule has 0 saturated heterocycles. The highest BCUT2D eigenvalue weighted by Gasteiger charge is 2.32. The van der Waals surface area contributed by atoms with Crippen LogP contribution in [0.15, 0.2) is 81.5 Å². The summed E-state index contributed by atoms with van der Waals surface area (Å²) < 4.78 is 86.0. The first-order valence-electron chi connectivity index (χ1n) is 17.1. The summed E-state index contributed by atoms with van der Waals surface area (Å²) in [5, 5.41) is 0. The maximum Gasteiger partial charge on any atom is 0.397 e. The van der Waals surface area contributed by atoms with E-state index in [0.717, 1.165) is 113 Å². The first-order chi connectivity index (χ1) is 25.1. The Kier molecular flexibility index (Phi) is 10.9. The highest BCUT2D eigenvalue weighted by atomic mass is 32.1. The van der Waals surface area contributed by atoms with E-state index in [-0.39, 0.29) is 24.3 Å². The molecule has 0 bridgehead atoms. The summed E-state index contributed by atoms with van der Waals surface area (Å²) >= 11 is 5.34. The number of benzene rings is 3. The minimum atomic E-state index is -3.21. The van der Waals surface area contributed by atoms with Crippen LogP contribution in [0, 0.1) is 0 Å². The molecule has 6 nitrogen and oxygen atoms in total. The maximum absolute atomic E-state index is 14.3. The lowest BCUT2D eigenvalue weighted by Crippen LogP contribution is -2.24. The standard InChI is InChI=1S/C38H34F4N4O2S4/c1-3-5-7-21-37(39,40)47-25-13-9-23(10-14-25)27-17-19-29(49-27)31-33-35(45-51-43-33)32(36-34(31)44-52-46-36)30-20-18-28(50-30)24-11-15-26(16-12-24)48-38(41,42)22-8-6-4-2/h9-20H,3-8,21-22H2,1-2H3. The van der Waals surface area contributed by atoms with Gasteiger partial charge in [-0.05, 0) is 96.8 Å². The Morgan fingerprint density at radius 2 is 0.942 bits per heavy atom. The second-order valence-corrected chi connectivity index (χ2v) is 15.7. The van der Waals surface area contributed by atoms with E-state index in [1.165, 1.54) is 0 Å². The number of hydrogen-bond donors (Lipinski definition) is 0. The van der Waals surface area contributed by atoms with Gasteiger partial charge in [0.2, 0.25) is 0 Å². The molecule has 0 atom stereocenters. The van der Waals surface area contributed by atoms with E-state index in [2.05, 4.69) is 0 Å². The number of thiophene rings is 2. The average Bonchev–Trinajstić information content (AvgIpc) is 3.96. The zero-order valence-corrected chi connectivity index (χ0v) is 31.6. The van der Waals surface area contributed by atoms with E-state index < -0.39 is 12.2 Å². The van der Waals surface area contributed by atoms with Gasteiger partial charge in [0.15, 0.2) is 0 Å². The summed E-state index contributed by atoms with van der Waals surface area (Å²) in [7, 11) is 0. The zero-order chi connectivity index (χ0) is 36.3. The van der Waals surface area contributed by atoms with Gasteiger partial charge < -0.3 is 9.47 Å². The summed E-state index contributed by atoms with van der Waals surface area (Å²) in [5.74, 6) is 0.257. The minimum absolute atomic E-state index is 0.128. The number of aromatic nitrogens is 2. The van der Waals surface area contributed by atoms with Gasteiger partial charge in [-0.3, -0.25) is 0 Å². The van der Waals surface area contributed by atoms with Crippen molar-refractivity contribution in [2.45, 2.75) is 77.4 Å². The summed E-state index contributed by atoms with van der Waals surface area (Å²) in [6.45, 7) is 3.95. The molecule has 0 aliphatic carbocycles. The van der Waals surface area contributed by atoms with Crippen LogP contribution in [0.3, 0.4) is 0 Å². The lowest BCUT2D eigenvalue weighted by molar-refractivity contribution is -0.182. The SMILES string of the molecule is CCCCCC(F)(F)Oc1ccc(-c2ccc(-c3c4c(c(-c5ccc(-c6ccc(OC(F)(F)CCCCC)cc6)s5)c5nsnc35)N=S=N4)s2)cc1. The molecule has 14 heteroatoms. The summed E-state index contributed by atoms with van der Waals surface area (Å²) in [6, 6.07) is 21.5. The number of alkyl halides is 4. The van der Waals surface area contributed by atoms with Gasteiger partial charge in [-0.15, -0.1) is 22.7 Å². The Balaban J connectivity index is 1.13. The van der Waals surface area contributed by atoms with Crippen molar-refractivity contribution < 1.29 is 27.0 Å². The van der Waals surface area contributed by atoms with Crippen LogP contribution >= 0.6 is 34.4 Å². The van der Waals surface area contributed by atoms with Crippen molar-refractivity contribution in [1.29, 1.82) is 0 Å². The molecule has 3 aromatic carbocycles. The molecular formula is C38H34F4N4O2S4. The smallest absolute Gasteiger partial charge is 0.397 e. The molecule has 1 aliphatic heterocycles. The average molecular weight is 783 g/mol. The van der Waals surface area contributed by atoms with Crippen molar-refractivity contribution in [2.75, 3.05) is 0 Å². The fourth-order valence-electron chi connectivity index (χ4n) is 5.96. The van der Waals surface area contributed by atoms with Gasteiger partial charge in [0.25, 0.3) is 0 Å². The van der Waals surface area contributed by atoms with E-state index in [9.17, 15) is 17.6 Å². The van der Waals surface area contributed by atoms with Crippen LogP contribution in [0.5, 0.6) is 11.5 Å². The number of ether oxygens (including phenoxy) is 2. The second-order valence-electron chi connectivity index (χ2n) is 12.4. The van der Waals surface area contributed by atoms with Crippen LogP contribution in [0.2, 0.25) is 0 Å². The van der Waals surface area contributed by atoms with Crippen molar-refractivity contribution >= 4 is 68.2 Å². The molecule has 0 spiro atoms. The molecule has 0 amide bonds. The van der Waals surface area contributed by atoms with Gasteiger partial charge in [-0.25, -0.2) is 0 Å². The van der Waals surface area contributed by atoms with Crippen molar-refractivity contribution in [3.63, 3.8) is 0 Å². The fraction of sp³-hybridized carbons (Fsp3) is 0.316. The van der Waals surface area contributed by atoms with Crippen molar-refractivity contribution in [1.82, 2.24) is 8.75 Å². The summed E-state index contributed by atoms with van der Waals surface area (Å²) in [5.41, 5.74) is 6.33. The van der Waals surface area contributed by atoms with Crippen molar-refractivity contribution in [3.05, 3.63) is 72.8 Å². The zero-order valence-electron chi connectivity index (χ0n) is 28.3. The Morgan fingerprint density at radius 3 is 1.35 bits per heavy atom. The van der Waals surface area contributed by atoms with E-state index >= 15 is 0 Å². The van der Waals surface area contributed by atoms with E-state index in [1.807, 2.05) is 38.1 Å². The Hall–Kier alpha value is -3.98. The predicted molar refractivity (Wildman–Crippen MR) is 206 cm³/mol. The van der Waals surface area contributed by atoms with Gasteiger partial charge in [-0.1, -0.05) is 39.5 Å². The lowest BCUT2D eigenvalue weighted by atomic mass is 10.0. The minimum Gasteiger partial charge on any atom is -0.433 e. The molecule has 0 saturated carbocycles. The lowest BCUT2D eigenvalue weighted by Gasteiger charge is -2.18. The van der Waals surface area contributed by atoms with Crippen molar-refractivity contribution in [3.8, 4) is 53.3 Å². The number of fused-ring (bicyclic) bond motifs is 2. The fourth-order valence-corrected chi connectivity index (χ4v) is 9.20. The van der Waals surface area contributed by atoms with E-state index in [1.54, 1.807) is 71.2 Å². The molecule has 0 unspecified atom stereocenters. The quantitative estimate of drug-likeness (QED) is 0.0723. The normalized spacial score (nSPS) is 12.7. The number of halogens is 4.